The maximum atomic E-state index is 10.1. The topological polar surface area (TPSA) is 75.4 Å². The van der Waals surface area contributed by atoms with Gasteiger partial charge in [0.05, 0.1) is 5.69 Å². The van der Waals surface area contributed by atoms with Gasteiger partial charge in [-0.05, 0) is 24.6 Å². The largest absolute Gasteiger partial charge is 0.475 e. The van der Waals surface area contributed by atoms with Crippen LogP contribution in [-0.2, 0) is 6.54 Å². The van der Waals surface area contributed by atoms with Gasteiger partial charge in [0.2, 0.25) is 5.76 Å². The lowest BCUT2D eigenvalue weighted by Gasteiger charge is -2.05. The highest BCUT2D eigenvalue weighted by atomic mass is 16.4. The van der Waals surface area contributed by atoms with Crippen LogP contribution in [0.1, 0.15) is 21.8 Å². The fourth-order valence-electron chi connectivity index (χ4n) is 1.86. The van der Waals surface area contributed by atoms with Gasteiger partial charge in [-0.3, -0.25) is 0 Å². The van der Waals surface area contributed by atoms with Crippen LogP contribution in [0.4, 0.5) is 5.69 Å². The molecule has 0 fully saturated rings. The van der Waals surface area contributed by atoms with Crippen LogP contribution in [-0.4, -0.2) is 16.1 Å². The minimum atomic E-state index is -1.08. The van der Waals surface area contributed by atoms with Gasteiger partial charge >= 0.3 is 5.97 Å². The summed E-state index contributed by atoms with van der Waals surface area (Å²) in [6, 6.07) is 20.6. The molecule has 2 aromatic carbocycles. The molecule has 3 rings (SSSR count). The van der Waals surface area contributed by atoms with E-state index in [4.69, 9.17) is 5.11 Å². The van der Waals surface area contributed by atoms with Crippen molar-refractivity contribution in [2.45, 2.75) is 13.5 Å². The number of aromatic carboxylic acids is 1. The number of rotatable bonds is 4. The van der Waals surface area contributed by atoms with Crippen LogP contribution < -0.4 is 5.32 Å². The van der Waals surface area contributed by atoms with Crippen LogP contribution in [0.25, 0.3) is 0 Å². The molecule has 0 unspecified atom stereocenters. The number of aromatic nitrogens is 1. The number of nitrogens with one attached hydrogen (secondary N) is 1. The molecule has 5 heteroatoms. The van der Waals surface area contributed by atoms with Crippen molar-refractivity contribution in [1.29, 1.82) is 0 Å². The number of para-hydroxylation sites is 1. The number of nitrogens with zero attached hydrogens (tertiary/aromatic N) is 1. The zero-order chi connectivity index (χ0) is 16.5. The Morgan fingerprint density at radius 1 is 1.09 bits per heavy atom. The number of carboxylic acid groups (broad SMARTS) is 1. The van der Waals surface area contributed by atoms with Crippen molar-refractivity contribution in [3.05, 3.63) is 84.1 Å². The summed E-state index contributed by atoms with van der Waals surface area (Å²) in [5, 5.41) is 11.7. The van der Waals surface area contributed by atoms with E-state index in [1.165, 1.54) is 5.56 Å². The minimum absolute atomic E-state index is 0.0880. The van der Waals surface area contributed by atoms with E-state index in [2.05, 4.69) is 51.1 Å². The Balaban J connectivity index is 0.000000185. The van der Waals surface area contributed by atoms with Gasteiger partial charge < -0.3 is 14.8 Å². The Morgan fingerprint density at radius 3 is 2.17 bits per heavy atom. The molecule has 23 heavy (non-hydrogen) atoms. The van der Waals surface area contributed by atoms with Crippen LogP contribution in [0.3, 0.4) is 0 Å². The third-order valence-electron chi connectivity index (χ3n) is 3.05. The molecule has 0 saturated heterocycles. The lowest BCUT2D eigenvalue weighted by atomic mass is 10.2. The summed E-state index contributed by atoms with van der Waals surface area (Å²) in [6.07, 6.45) is 1.11. The van der Waals surface area contributed by atoms with Gasteiger partial charge in [0, 0.05) is 12.2 Å². The second kappa shape index (κ2) is 8.38. The summed E-state index contributed by atoms with van der Waals surface area (Å²) in [5.74, 6) is -1.17. The Kier molecular flexibility index (Phi) is 5.94. The third-order valence-corrected chi connectivity index (χ3v) is 3.05. The maximum absolute atomic E-state index is 10.1. The minimum Gasteiger partial charge on any atom is -0.475 e. The third kappa shape index (κ3) is 5.32. The average molecular weight is 310 g/mol. The molecule has 0 amide bonds. The van der Waals surface area contributed by atoms with Crippen molar-refractivity contribution < 1.29 is 14.3 Å². The summed E-state index contributed by atoms with van der Waals surface area (Å²) < 4.78 is 4.52. The molecule has 0 aliphatic rings. The van der Waals surface area contributed by atoms with E-state index in [0.717, 1.165) is 18.6 Å². The van der Waals surface area contributed by atoms with Gasteiger partial charge in [0.25, 0.3) is 0 Å². The van der Waals surface area contributed by atoms with Crippen molar-refractivity contribution in [1.82, 2.24) is 4.98 Å². The first-order valence-electron chi connectivity index (χ1n) is 7.13. The lowest BCUT2D eigenvalue weighted by Crippen LogP contribution is -1.98. The molecular weight excluding hydrogens is 292 g/mol. The van der Waals surface area contributed by atoms with E-state index in [-0.39, 0.29) is 5.76 Å². The Labute approximate surface area is 134 Å². The van der Waals surface area contributed by atoms with Crippen molar-refractivity contribution in [3.63, 3.8) is 0 Å². The first-order chi connectivity index (χ1) is 11.2. The standard InChI is InChI=1S/C13H13N.C5H5NO3/c1-3-7-12(8-4-1)11-14-13-9-5-2-6-10-13;1-3-4(5(7)8)9-2-6-3/h1-10,14H,11H2;2H,1H3,(H,7,8). The number of carboxylic acids is 1. The monoisotopic (exact) mass is 310 g/mol. The molecule has 0 radical (unpaired) electrons. The molecule has 3 aromatic rings. The molecule has 5 nitrogen and oxygen atoms in total. The number of hydrogen-bond acceptors (Lipinski definition) is 4. The van der Waals surface area contributed by atoms with Crippen LogP contribution >= 0.6 is 0 Å². The van der Waals surface area contributed by atoms with Crippen LogP contribution in [0.2, 0.25) is 0 Å². The van der Waals surface area contributed by atoms with Crippen molar-refractivity contribution in [2.75, 3.05) is 5.32 Å². The molecule has 0 bridgehead atoms. The van der Waals surface area contributed by atoms with E-state index in [9.17, 15) is 4.79 Å². The molecular formula is C18H18N2O3. The predicted octanol–water partition coefficient (Wildman–Crippen LogP) is 3.98. The molecule has 0 saturated carbocycles. The fraction of sp³-hybridized carbons (Fsp3) is 0.111. The number of aryl methyl sites for hydroxylation is 1. The van der Waals surface area contributed by atoms with Gasteiger partial charge in [0.1, 0.15) is 0 Å². The molecule has 1 aromatic heterocycles. The highest BCUT2D eigenvalue weighted by molar-refractivity contribution is 5.85. The zero-order valence-corrected chi connectivity index (χ0v) is 12.8. The summed E-state index contributed by atoms with van der Waals surface area (Å²) in [5.41, 5.74) is 2.87. The number of anilines is 1. The Morgan fingerprint density at radius 2 is 1.70 bits per heavy atom. The van der Waals surface area contributed by atoms with Gasteiger partial charge in [-0.2, -0.15) is 0 Å². The second-order valence-electron chi connectivity index (χ2n) is 4.78. The van der Waals surface area contributed by atoms with Crippen molar-refractivity contribution in [3.8, 4) is 0 Å². The Hall–Kier alpha value is -3.08. The fourth-order valence-corrected chi connectivity index (χ4v) is 1.86. The molecule has 0 aliphatic carbocycles. The first-order valence-corrected chi connectivity index (χ1v) is 7.13. The summed E-state index contributed by atoms with van der Waals surface area (Å²) in [7, 11) is 0. The van der Waals surface area contributed by atoms with Crippen LogP contribution in [0.15, 0.2) is 71.5 Å². The molecule has 118 valence electrons. The van der Waals surface area contributed by atoms with E-state index in [1.807, 2.05) is 24.3 Å². The van der Waals surface area contributed by atoms with Crippen molar-refractivity contribution in [2.24, 2.45) is 0 Å². The highest BCUT2D eigenvalue weighted by Crippen LogP contribution is 2.07. The number of benzene rings is 2. The van der Waals surface area contributed by atoms with E-state index in [0.29, 0.717) is 5.69 Å². The summed E-state index contributed by atoms with van der Waals surface area (Å²) in [6.45, 7) is 2.46. The van der Waals surface area contributed by atoms with E-state index >= 15 is 0 Å². The maximum Gasteiger partial charge on any atom is 0.373 e. The lowest BCUT2D eigenvalue weighted by molar-refractivity contribution is 0.0661. The van der Waals surface area contributed by atoms with Gasteiger partial charge in [-0.25, -0.2) is 9.78 Å². The number of oxazole rings is 1. The smallest absolute Gasteiger partial charge is 0.373 e. The summed E-state index contributed by atoms with van der Waals surface area (Å²) >= 11 is 0. The van der Waals surface area contributed by atoms with Crippen LogP contribution in [0, 0.1) is 6.92 Å². The Bertz CT molecular complexity index is 685. The molecule has 1 heterocycles. The average Bonchev–Trinajstić information content (AvgIpc) is 3.02. The zero-order valence-electron chi connectivity index (χ0n) is 12.8. The van der Waals surface area contributed by atoms with Gasteiger partial charge in [-0.15, -0.1) is 0 Å². The molecule has 0 spiro atoms. The quantitative estimate of drug-likeness (QED) is 0.762. The van der Waals surface area contributed by atoms with E-state index < -0.39 is 5.97 Å². The normalized spacial score (nSPS) is 9.61. The molecule has 2 N–H and O–H groups in total. The van der Waals surface area contributed by atoms with E-state index in [1.54, 1.807) is 6.92 Å². The number of hydrogen-bond donors (Lipinski definition) is 2. The predicted molar refractivity (Wildman–Crippen MR) is 88.4 cm³/mol. The SMILES string of the molecule is Cc1ncoc1C(=O)O.c1ccc(CNc2ccccc2)cc1. The second-order valence-corrected chi connectivity index (χ2v) is 4.78. The molecule has 0 atom stereocenters. The highest BCUT2D eigenvalue weighted by Gasteiger charge is 2.10. The summed E-state index contributed by atoms with van der Waals surface area (Å²) in [4.78, 5) is 13.7. The van der Waals surface area contributed by atoms with Gasteiger partial charge in [-0.1, -0.05) is 48.5 Å². The number of carbonyl (C=O) groups is 1. The van der Waals surface area contributed by atoms with Crippen LogP contribution in [0.5, 0.6) is 0 Å². The first kappa shape index (κ1) is 16.3. The molecule has 0 aliphatic heterocycles. The van der Waals surface area contributed by atoms with Gasteiger partial charge in [0.15, 0.2) is 6.39 Å². The van der Waals surface area contributed by atoms with Crippen molar-refractivity contribution >= 4 is 11.7 Å².